The third-order valence-corrected chi connectivity index (χ3v) is 5.64. The largest absolute Gasteiger partial charge is 0.301 e. The van der Waals surface area contributed by atoms with Gasteiger partial charge in [-0.3, -0.25) is 9.89 Å². The number of aryl methyl sites for hydroxylation is 1. The Morgan fingerprint density at radius 1 is 0.933 bits per heavy atom. The SMILES string of the molecule is Cc1[nH]n(-c2nc(-c3ccccc3)cs2)c(=O)c1N=Nc1cccc2ccccc12. The average Bonchev–Trinajstić information content (AvgIpc) is 3.38. The zero-order chi connectivity index (χ0) is 20.5. The Morgan fingerprint density at radius 2 is 1.70 bits per heavy atom. The van der Waals surface area contributed by atoms with Gasteiger partial charge in [-0.1, -0.05) is 66.7 Å². The van der Waals surface area contributed by atoms with Gasteiger partial charge in [-0.05, 0) is 18.4 Å². The van der Waals surface area contributed by atoms with Crippen LogP contribution in [0.1, 0.15) is 5.69 Å². The summed E-state index contributed by atoms with van der Waals surface area (Å²) in [5.74, 6) is 0. The molecule has 0 radical (unpaired) electrons. The Kier molecular flexibility index (Phi) is 4.57. The van der Waals surface area contributed by atoms with Gasteiger partial charge in [-0.25, -0.2) is 4.98 Å². The predicted molar refractivity (Wildman–Crippen MR) is 120 cm³/mol. The first kappa shape index (κ1) is 18.2. The van der Waals surface area contributed by atoms with Crippen molar-refractivity contribution in [3.05, 3.63) is 94.2 Å². The van der Waals surface area contributed by atoms with E-state index in [1.807, 2.05) is 78.2 Å². The quantitative estimate of drug-likeness (QED) is 0.359. The lowest BCUT2D eigenvalue weighted by molar-refractivity contribution is 0.827. The monoisotopic (exact) mass is 411 g/mol. The van der Waals surface area contributed by atoms with E-state index >= 15 is 0 Å². The van der Waals surface area contributed by atoms with Crippen molar-refractivity contribution in [1.29, 1.82) is 0 Å². The molecular formula is C23H17N5OS. The molecule has 0 atom stereocenters. The van der Waals surface area contributed by atoms with Crippen molar-refractivity contribution < 1.29 is 0 Å². The molecule has 0 aliphatic rings. The second kappa shape index (κ2) is 7.53. The molecule has 0 aliphatic heterocycles. The fraction of sp³-hybridized carbons (Fsp3) is 0.0435. The van der Waals surface area contributed by atoms with E-state index in [0.717, 1.165) is 27.7 Å². The third kappa shape index (κ3) is 3.25. The molecule has 0 fully saturated rings. The molecule has 0 saturated heterocycles. The lowest BCUT2D eigenvalue weighted by Gasteiger charge is -1.99. The summed E-state index contributed by atoms with van der Waals surface area (Å²) in [6.45, 7) is 1.81. The third-order valence-electron chi connectivity index (χ3n) is 4.82. The molecule has 2 aromatic heterocycles. The number of benzene rings is 3. The lowest BCUT2D eigenvalue weighted by atomic mass is 10.1. The van der Waals surface area contributed by atoms with Gasteiger partial charge in [0.15, 0.2) is 5.69 Å². The number of thiazole rings is 1. The summed E-state index contributed by atoms with van der Waals surface area (Å²) in [4.78, 5) is 17.6. The maximum absolute atomic E-state index is 13.0. The van der Waals surface area contributed by atoms with Crippen LogP contribution in [0.25, 0.3) is 27.2 Å². The van der Waals surface area contributed by atoms with Crippen LogP contribution in [0.5, 0.6) is 0 Å². The number of hydrogen-bond donors (Lipinski definition) is 1. The van der Waals surface area contributed by atoms with Crippen molar-refractivity contribution >= 4 is 33.5 Å². The van der Waals surface area contributed by atoms with Crippen molar-refractivity contribution in [2.45, 2.75) is 6.92 Å². The van der Waals surface area contributed by atoms with Gasteiger partial charge in [0, 0.05) is 16.3 Å². The number of nitrogens with one attached hydrogen (secondary N) is 1. The van der Waals surface area contributed by atoms with Gasteiger partial charge < -0.3 is 0 Å². The van der Waals surface area contributed by atoms with Crippen molar-refractivity contribution in [2.24, 2.45) is 10.2 Å². The molecule has 5 rings (SSSR count). The van der Waals surface area contributed by atoms with Crippen molar-refractivity contribution in [3.63, 3.8) is 0 Å². The maximum atomic E-state index is 13.0. The van der Waals surface area contributed by atoms with Crippen LogP contribution in [-0.4, -0.2) is 14.8 Å². The van der Waals surface area contributed by atoms with Gasteiger partial charge in [0.2, 0.25) is 5.13 Å². The van der Waals surface area contributed by atoms with E-state index in [1.165, 1.54) is 16.0 Å². The molecule has 0 aliphatic carbocycles. The van der Waals surface area contributed by atoms with E-state index in [9.17, 15) is 4.79 Å². The van der Waals surface area contributed by atoms with Crippen LogP contribution in [0.15, 0.2) is 93.2 Å². The molecule has 7 heteroatoms. The summed E-state index contributed by atoms with van der Waals surface area (Å²) in [6, 6.07) is 23.7. The number of aromatic amines is 1. The Labute approximate surface area is 176 Å². The van der Waals surface area contributed by atoms with Gasteiger partial charge in [0.25, 0.3) is 0 Å². The Morgan fingerprint density at radius 3 is 2.57 bits per heavy atom. The number of nitrogens with zero attached hydrogens (tertiary/aromatic N) is 4. The van der Waals surface area contributed by atoms with E-state index in [2.05, 4.69) is 20.3 Å². The summed E-state index contributed by atoms with van der Waals surface area (Å²) in [5.41, 5.74) is 3.20. The molecule has 146 valence electrons. The molecule has 2 heterocycles. The number of hydrogen-bond acceptors (Lipinski definition) is 5. The molecular weight excluding hydrogens is 394 g/mol. The standard InChI is InChI=1S/C23H17N5OS/c1-15-21(26-25-19-13-7-11-16-8-5-6-12-18(16)19)22(29)28(27-15)23-24-20(14-30-23)17-9-3-2-4-10-17/h2-14,27H,1H3. The van der Waals surface area contributed by atoms with Crippen LogP contribution in [0.3, 0.4) is 0 Å². The highest BCUT2D eigenvalue weighted by Crippen LogP contribution is 2.28. The molecule has 3 aromatic carbocycles. The maximum Gasteiger partial charge on any atom is 0.301 e. The number of H-pyrrole nitrogens is 1. The molecule has 1 N–H and O–H groups in total. The summed E-state index contributed by atoms with van der Waals surface area (Å²) in [7, 11) is 0. The molecule has 0 amide bonds. The smallest absolute Gasteiger partial charge is 0.291 e. The topological polar surface area (TPSA) is 75.4 Å². The Balaban J connectivity index is 1.51. The number of rotatable bonds is 4. The summed E-state index contributed by atoms with van der Waals surface area (Å²) >= 11 is 1.40. The van der Waals surface area contributed by atoms with Gasteiger partial charge in [-0.2, -0.15) is 4.68 Å². The van der Waals surface area contributed by atoms with Gasteiger partial charge in [-0.15, -0.1) is 21.6 Å². The van der Waals surface area contributed by atoms with E-state index in [4.69, 9.17) is 0 Å². The highest BCUT2D eigenvalue weighted by atomic mass is 32.1. The number of azo groups is 1. The fourth-order valence-corrected chi connectivity index (χ4v) is 4.09. The lowest BCUT2D eigenvalue weighted by Crippen LogP contribution is -2.13. The summed E-state index contributed by atoms with van der Waals surface area (Å²) in [5, 5.41) is 16.3. The fourth-order valence-electron chi connectivity index (χ4n) is 3.30. The van der Waals surface area contributed by atoms with E-state index < -0.39 is 0 Å². The molecule has 30 heavy (non-hydrogen) atoms. The number of fused-ring (bicyclic) bond motifs is 1. The van der Waals surface area contributed by atoms with Crippen molar-refractivity contribution in [2.75, 3.05) is 0 Å². The molecule has 6 nitrogen and oxygen atoms in total. The molecule has 0 bridgehead atoms. The van der Waals surface area contributed by atoms with Crippen LogP contribution in [-0.2, 0) is 0 Å². The van der Waals surface area contributed by atoms with Gasteiger partial charge in [0.1, 0.15) is 0 Å². The first-order valence-electron chi connectivity index (χ1n) is 9.43. The summed E-state index contributed by atoms with van der Waals surface area (Å²) in [6.07, 6.45) is 0. The van der Waals surface area contributed by atoms with Crippen molar-refractivity contribution in [3.8, 4) is 16.4 Å². The Hall–Kier alpha value is -3.84. The van der Waals surface area contributed by atoms with Crippen molar-refractivity contribution in [1.82, 2.24) is 14.8 Å². The molecule has 0 saturated carbocycles. The predicted octanol–water partition coefficient (Wildman–Crippen LogP) is 6.17. The van der Waals surface area contributed by atoms with Crippen LogP contribution >= 0.6 is 11.3 Å². The van der Waals surface area contributed by atoms with Gasteiger partial charge in [0.05, 0.1) is 17.1 Å². The highest BCUT2D eigenvalue weighted by Gasteiger charge is 2.15. The van der Waals surface area contributed by atoms with E-state index in [1.54, 1.807) is 6.92 Å². The summed E-state index contributed by atoms with van der Waals surface area (Å²) < 4.78 is 1.42. The zero-order valence-corrected chi connectivity index (χ0v) is 16.9. The van der Waals surface area contributed by atoms with E-state index in [-0.39, 0.29) is 11.2 Å². The first-order chi connectivity index (χ1) is 14.7. The molecule has 5 aromatic rings. The second-order valence-corrected chi connectivity index (χ2v) is 7.64. The van der Waals surface area contributed by atoms with Gasteiger partial charge >= 0.3 is 5.56 Å². The minimum absolute atomic E-state index is 0.273. The van der Waals surface area contributed by atoms with Crippen LogP contribution in [0, 0.1) is 6.92 Å². The minimum Gasteiger partial charge on any atom is -0.291 e. The minimum atomic E-state index is -0.273. The Bertz CT molecular complexity index is 1420. The highest BCUT2D eigenvalue weighted by molar-refractivity contribution is 7.12. The second-order valence-electron chi connectivity index (χ2n) is 6.81. The number of aromatic nitrogens is 3. The van der Waals surface area contributed by atoms with E-state index in [0.29, 0.717) is 10.8 Å². The molecule has 0 unspecified atom stereocenters. The average molecular weight is 411 g/mol. The van der Waals surface area contributed by atoms with Crippen LogP contribution in [0.4, 0.5) is 11.4 Å². The normalized spacial score (nSPS) is 11.5. The van der Waals surface area contributed by atoms with Crippen LogP contribution < -0.4 is 5.56 Å². The molecule has 0 spiro atoms. The first-order valence-corrected chi connectivity index (χ1v) is 10.3. The van der Waals surface area contributed by atoms with Crippen LogP contribution in [0.2, 0.25) is 0 Å². The zero-order valence-electron chi connectivity index (χ0n) is 16.1.